The summed E-state index contributed by atoms with van der Waals surface area (Å²) in [7, 11) is -2.09. The fourth-order valence-corrected chi connectivity index (χ4v) is 2.40. The predicted octanol–water partition coefficient (Wildman–Crippen LogP) is 0.528. The van der Waals surface area contributed by atoms with Gasteiger partial charge in [0.15, 0.2) is 9.84 Å². The molecule has 0 aliphatic carbocycles. The molecular formula is C10H13NO4S. The molecule has 0 aliphatic heterocycles. The standard InChI is InChI=1S/C10H13NO4S/c1-15-11-10(12)7-8-16(13,14)9-5-3-2-4-6-9/h2-6H,7-8H2,1H3,(H,11,12). The highest BCUT2D eigenvalue weighted by Gasteiger charge is 2.15. The predicted molar refractivity (Wildman–Crippen MR) is 58.3 cm³/mol. The Kier molecular flexibility index (Phi) is 4.45. The van der Waals surface area contributed by atoms with Crippen LogP contribution >= 0.6 is 0 Å². The lowest BCUT2D eigenvalue weighted by Crippen LogP contribution is -2.24. The molecule has 0 saturated carbocycles. The lowest BCUT2D eigenvalue weighted by Gasteiger charge is -2.04. The number of rotatable bonds is 5. The first-order valence-corrected chi connectivity index (χ1v) is 6.31. The normalized spacial score (nSPS) is 11.1. The van der Waals surface area contributed by atoms with Crippen LogP contribution in [0.1, 0.15) is 6.42 Å². The van der Waals surface area contributed by atoms with E-state index in [1.54, 1.807) is 18.2 Å². The van der Waals surface area contributed by atoms with Crippen molar-refractivity contribution in [1.82, 2.24) is 5.48 Å². The summed E-state index contributed by atoms with van der Waals surface area (Å²) < 4.78 is 23.4. The van der Waals surface area contributed by atoms with E-state index in [-0.39, 0.29) is 17.1 Å². The monoisotopic (exact) mass is 243 g/mol. The van der Waals surface area contributed by atoms with Crippen molar-refractivity contribution in [3.05, 3.63) is 30.3 Å². The molecule has 0 aliphatic rings. The van der Waals surface area contributed by atoms with Gasteiger partial charge in [-0.1, -0.05) is 18.2 Å². The van der Waals surface area contributed by atoms with Crippen LogP contribution in [-0.4, -0.2) is 27.2 Å². The van der Waals surface area contributed by atoms with Crippen molar-refractivity contribution in [1.29, 1.82) is 0 Å². The summed E-state index contributed by atoms with van der Waals surface area (Å²) in [6.07, 6.45) is -0.120. The molecule has 1 amide bonds. The first kappa shape index (κ1) is 12.7. The lowest BCUT2D eigenvalue weighted by atomic mass is 10.4. The molecule has 0 spiro atoms. The quantitative estimate of drug-likeness (QED) is 0.766. The Hall–Kier alpha value is -1.40. The first-order valence-electron chi connectivity index (χ1n) is 4.66. The van der Waals surface area contributed by atoms with Crippen molar-refractivity contribution in [3.63, 3.8) is 0 Å². The van der Waals surface area contributed by atoms with Crippen LogP contribution in [0.25, 0.3) is 0 Å². The third-order valence-corrected chi connectivity index (χ3v) is 3.65. The van der Waals surface area contributed by atoms with Crippen molar-refractivity contribution in [2.45, 2.75) is 11.3 Å². The molecule has 6 heteroatoms. The van der Waals surface area contributed by atoms with Gasteiger partial charge in [-0.3, -0.25) is 9.63 Å². The molecule has 1 aromatic rings. The van der Waals surface area contributed by atoms with Crippen LogP contribution in [0.15, 0.2) is 35.2 Å². The minimum Gasteiger partial charge on any atom is -0.277 e. The Bertz CT molecular complexity index is 441. The molecule has 1 N–H and O–H groups in total. The van der Waals surface area contributed by atoms with E-state index in [9.17, 15) is 13.2 Å². The molecule has 1 rings (SSSR count). The van der Waals surface area contributed by atoms with Gasteiger partial charge in [-0.25, -0.2) is 13.9 Å². The van der Waals surface area contributed by atoms with E-state index in [0.29, 0.717) is 0 Å². The molecule has 0 fully saturated rings. The van der Waals surface area contributed by atoms with Crippen molar-refractivity contribution in [2.24, 2.45) is 0 Å². The van der Waals surface area contributed by atoms with E-state index in [0.717, 1.165) is 0 Å². The zero-order valence-corrected chi connectivity index (χ0v) is 9.66. The van der Waals surface area contributed by atoms with Crippen LogP contribution in [0.3, 0.4) is 0 Å². The van der Waals surface area contributed by atoms with Crippen molar-refractivity contribution >= 4 is 15.7 Å². The highest BCUT2D eigenvalue weighted by molar-refractivity contribution is 7.91. The molecule has 5 nitrogen and oxygen atoms in total. The van der Waals surface area contributed by atoms with E-state index in [1.165, 1.54) is 19.2 Å². The number of carbonyl (C=O) groups is 1. The number of nitrogens with one attached hydrogen (secondary N) is 1. The molecule has 0 unspecified atom stereocenters. The van der Waals surface area contributed by atoms with Crippen LogP contribution in [0, 0.1) is 0 Å². The van der Waals surface area contributed by atoms with Gasteiger partial charge in [-0.05, 0) is 12.1 Å². The maximum atomic E-state index is 11.7. The summed E-state index contributed by atoms with van der Waals surface area (Å²) in [5.74, 6) is -0.686. The molecule has 0 radical (unpaired) electrons. The zero-order valence-electron chi connectivity index (χ0n) is 8.84. The Balaban J connectivity index is 2.64. The number of hydrogen-bond donors (Lipinski definition) is 1. The minimum atomic E-state index is -3.39. The second-order valence-electron chi connectivity index (χ2n) is 3.11. The van der Waals surface area contributed by atoms with Gasteiger partial charge in [0.2, 0.25) is 5.91 Å². The van der Waals surface area contributed by atoms with Gasteiger partial charge in [0, 0.05) is 6.42 Å². The molecule has 0 aromatic heterocycles. The summed E-state index contributed by atoms with van der Waals surface area (Å²) in [5, 5.41) is 0. The number of sulfone groups is 1. The van der Waals surface area contributed by atoms with Gasteiger partial charge < -0.3 is 0 Å². The molecule has 0 atom stereocenters. The largest absolute Gasteiger partial charge is 0.277 e. The highest BCUT2D eigenvalue weighted by atomic mass is 32.2. The molecule has 0 saturated heterocycles. The van der Waals surface area contributed by atoms with E-state index in [2.05, 4.69) is 10.3 Å². The van der Waals surface area contributed by atoms with Gasteiger partial charge >= 0.3 is 0 Å². The van der Waals surface area contributed by atoms with Gasteiger partial charge in [-0.15, -0.1) is 0 Å². The van der Waals surface area contributed by atoms with Crippen molar-refractivity contribution in [2.75, 3.05) is 12.9 Å². The van der Waals surface area contributed by atoms with Gasteiger partial charge in [0.05, 0.1) is 17.8 Å². The van der Waals surface area contributed by atoms with Crippen LogP contribution in [0.4, 0.5) is 0 Å². The van der Waals surface area contributed by atoms with Gasteiger partial charge in [0.1, 0.15) is 0 Å². The second-order valence-corrected chi connectivity index (χ2v) is 5.22. The minimum absolute atomic E-state index is 0.120. The molecular weight excluding hydrogens is 230 g/mol. The van der Waals surface area contributed by atoms with Crippen LogP contribution in [-0.2, 0) is 19.5 Å². The summed E-state index contributed by atoms with van der Waals surface area (Å²) in [6.45, 7) is 0. The molecule has 16 heavy (non-hydrogen) atoms. The summed E-state index contributed by atoms with van der Waals surface area (Å²) in [4.78, 5) is 15.6. The van der Waals surface area contributed by atoms with Crippen molar-refractivity contribution < 1.29 is 18.0 Å². The van der Waals surface area contributed by atoms with Crippen LogP contribution in [0.5, 0.6) is 0 Å². The Morgan fingerprint density at radius 1 is 1.31 bits per heavy atom. The molecule has 0 bridgehead atoms. The molecule has 0 heterocycles. The van der Waals surface area contributed by atoms with E-state index < -0.39 is 15.7 Å². The van der Waals surface area contributed by atoms with E-state index >= 15 is 0 Å². The number of carbonyl (C=O) groups excluding carboxylic acids is 1. The Morgan fingerprint density at radius 2 is 1.94 bits per heavy atom. The topological polar surface area (TPSA) is 72.5 Å². The third-order valence-electron chi connectivity index (χ3n) is 1.92. The van der Waals surface area contributed by atoms with Gasteiger partial charge in [-0.2, -0.15) is 0 Å². The average Bonchev–Trinajstić information content (AvgIpc) is 2.28. The third kappa shape index (κ3) is 3.63. The maximum absolute atomic E-state index is 11.7. The number of amides is 1. The smallest absolute Gasteiger partial charge is 0.244 e. The number of hydrogen-bond acceptors (Lipinski definition) is 4. The second kappa shape index (κ2) is 5.62. The fraction of sp³-hybridized carbons (Fsp3) is 0.300. The average molecular weight is 243 g/mol. The first-order chi connectivity index (χ1) is 7.56. The van der Waals surface area contributed by atoms with Crippen LogP contribution < -0.4 is 5.48 Å². The molecule has 88 valence electrons. The van der Waals surface area contributed by atoms with Gasteiger partial charge in [0.25, 0.3) is 0 Å². The molecule has 1 aromatic carbocycles. The Morgan fingerprint density at radius 3 is 2.50 bits per heavy atom. The van der Waals surface area contributed by atoms with Crippen molar-refractivity contribution in [3.8, 4) is 0 Å². The number of benzene rings is 1. The highest BCUT2D eigenvalue weighted by Crippen LogP contribution is 2.10. The lowest BCUT2D eigenvalue weighted by molar-refractivity contribution is -0.130. The Labute approximate surface area is 94.3 Å². The fourth-order valence-electron chi connectivity index (χ4n) is 1.14. The van der Waals surface area contributed by atoms with Crippen LogP contribution in [0.2, 0.25) is 0 Å². The SMILES string of the molecule is CONC(=O)CCS(=O)(=O)c1ccccc1. The summed E-state index contributed by atoms with van der Waals surface area (Å²) in [5.41, 5.74) is 2.07. The summed E-state index contributed by atoms with van der Waals surface area (Å²) >= 11 is 0. The summed E-state index contributed by atoms with van der Waals surface area (Å²) in [6, 6.07) is 8.02. The number of hydroxylamine groups is 1. The zero-order chi connectivity index (χ0) is 12.0. The van der Waals surface area contributed by atoms with E-state index in [4.69, 9.17) is 0 Å². The van der Waals surface area contributed by atoms with E-state index in [1.807, 2.05) is 0 Å². The maximum Gasteiger partial charge on any atom is 0.244 e.